The van der Waals surface area contributed by atoms with E-state index in [-0.39, 0.29) is 38.9 Å². The number of carbonyl (C=O) groups is 6. The summed E-state index contributed by atoms with van der Waals surface area (Å²) in [6.45, 7) is 19.2. The number of thioether (sulfide) groups is 3. The first-order valence-electron chi connectivity index (χ1n) is 26.1. The number of carbonyl (C=O) groups excluding carboxylic acids is 11. The Labute approximate surface area is 525 Å². The van der Waals surface area contributed by atoms with E-state index in [1.165, 1.54) is 53.9 Å². The molecule has 32 heteroatoms. The number of esters is 6. The van der Waals surface area contributed by atoms with Gasteiger partial charge in [-0.25, -0.2) is 77.7 Å². The fourth-order valence-corrected chi connectivity index (χ4v) is 6.50. The summed E-state index contributed by atoms with van der Waals surface area (Å²) in [6.07, 6.45) is 14.8. The van der Waals surface area contributed by atoms with Gasteiger partial charge in [0.1, 0.15) is 29.4 Å². The van der Waals surface area contributed by atoms with Crippen molar-refractivity contribution in [1.29, 1.82) is 15.8 Å². The highest BCUT2D eigenvalue weighted by Crippen LogP contribution is 2.12. The van der Waals surface area contributed by atoms with Crippen LogP contribution in [-0.2, 0) is 81.2 Å². The summed E-state index contributed by atoms with van der Waals surface area (Å²) in [7, 11) is 0. The molecular formula is C54H74N10O17S5. The maximum Gasteiger partial charge on any atom is 0.333 e. The standard InChI is InChI=1S/C10H14N2O4.2C10H14N2O3S.C10H14N2O2S2.C7H9NO3.C7H9NO2S/c1-2-16-10(15)9(12-8-14)5-3-4-6-11-7-13;1-2-15-10(14)9(12-8-13)5-3-4-6-16-7-11;1-2-15-10(14)9(12-8-16)5-3-4-6-11-7-13;1-2-14-10(13)9(12-8-15)5-3-4-6-16-7-11;1-6(2)7(10)11-4-3-8-5-9;1-6(2)7(9)10-3-4-11-5-8/h4*9H,2-6H2,1H3;2*1,3-4H2,2H3. The molecule has 0 fully saturated rings. The van der Waals surface area contributed by atoms with Crippen molar-refractivity contribution in [3.63, 3.8) is 0 Å². The minimum Gasteiger partial charge on any atom is -0.464 e. The highest BCUT2D eigenvalue weighted by Gasteiger charge is 2.20. The summed E-state index contributed by atoms with van der Waals surface area (Å²) in [5.74, 6) is -0.621. The molecule has 0 aromatic heterocycles. The second kappa shape index (κ2) is 73.4. The average molecular weight is 1300 g/mol. The first-order chi connectivity index (χ1) is 41.4. The number of nitriles is 3. The number of thiocyanates is 3. The molecule has 0 radical (unpaired) electrons. The zero-order valence-electron chi connectivity index (χ0n) is 49.1. The van der Waals surface area contributed by atoms with Gasteiger partial charge in [0.25, 0.3) is 0 Å². The third-order valence-electron chi connectivity index (χ3n) is 8.95. The minimum atomic E-state index is -0.794. The van der Waals surface area contributed by atoms with Crippen molar-refractivity contribution in [1.82, 2.24) is 0 Å². The highest BCUT2D eigenvalue weighted by molar-refractivity contribution is 8.04. The number of rotatable bonds is 40. The number of isocyanates is 5. The van der Waals surface area contributed by atoms with Gasteiger partial charge in [-0.2, -0.15) is 25.8 Å². The molecular weight excluding hydrogens is 1220 g/mol. The van der Waals surface area contributed by atoms with Crippen molar-refractivity contribution in [2.24, 2.45) is 34.9 Å². The summed E-state index contributed by atoms with van der Waals surface area (Å²) >= 11 is 12.4. The average Bonchev–Trinajstić information content (AvgIpc) is 3.56. The van der Waals surface area contributed by atoms with Crippen LogP contribution in [0.3, 0.4) is 0 Å². The van der Waals surface area contributed by atoms with Crippen molar-refractivity contribution in [3.05, 3.63) is 24.3 Å². The van der Waals surface area contributed by atoms with Crippen LogP contribution in [0.4, 0.5) is 0 Å². The van der Waals surface area contributed by atoms with Crippen LogP contribution >= 0.6 is 59.7 Å². The van der Waals surface area contributed by atoms with E-state index in [1.807, 2.05) is 16.2 Å². The molecule has 0 saturated heterocycles. The molecule has 0 aromatic rings. The van der Waals surface area contributed by atoms with Gasteiger partial charge in [-0.15, -0.1) is 0 Å². The summed E-state index contributed by atoms with van der Waals surface area (Å²) < 4.78 is 28.5. The van der Waals surface area contributed by atoms with E-state index in [1.54, 1.807) is 41.5 Å². The summed E-state index contributed by atoms with van der Waals surface area (Å²) in [4.78, 5) is 140. The lowest BCUT2D eigenvalue weighted by atomic mass is 10.1. The molecule has 0 aliphatic rings. The van der Waals surface area contributed by atoms with Crippen molar-refractivity contribution in [2.45, 2.75) is 143 Å². The van der Waals surface area contributed by atoms with Gasteiger partial charge in [-0.1, -0.05) is 13.2 Å². The van der Waals surface area contributed by atoms with Crippen LogP contribution in [0.5, 0.6) is 0 Å². The lowest BCUT2D eigenvalue weighted by molar-refractivity contribution is -0.145. The van der Waals surface area contributed by atoms with Crippen molar-refractivity contribution >= 4 is 136 Å². The molecule has 4 atom stereocenters. The highest BCUT2D eigenvalue weighted by atomic mass is 32.2. The number of isothiocyanates is 2. The molecule has 472 valence electrons. The van der Waals surface area contributed by atoms with Gasteiger partial charge >= 0.3 is 35.8 Å². The van der Waals surface area contributed by atoms with Crippen LogP contribution < -0.4 is 0 Å². The molecule has 0 aromatic carbocycles. The van der Waals surface area contributed by atoms with Crippen LogP contribution in [0.1, 0.15) is 119 Å². The molecule has 0 bridgehead atoms. The quantitative estimate of drug-likeness (QED) is 0.00817. The van der Waals surface area contributed by atoms with Gasteiger partial charge < -0.3 is 28.4 Å². The molecule has 0 rings (SSSR count). The monoisotopic (exact) mass is 1290 g/mol. The predicted octanol–water partition coefficient (Wildman–Crippen LogP) is 8.09. The molecule has 0 heterocycles. The van der Waals surface area contributed by atoms with Crippen LogP contribution in [-0.4, -0.2) is 177 Å². The molecule has 0 aliphatic carbocycles. The van der Waals surface area contributed by atoms with E-state index in [0.29, 0.717) is 88.1 Å². The maximum absolute atomic E-state index is 11.4. The molecule has 86 heavy (non-hydrogen) atoms. The van der Waals surface area contributed by atoms with Gasteiger partial charge in [0.15, 0.2) is 24.2 Å². The second-order valence-corrected chi connectivity index (χ2v) is 18.5. The number of hydrogen-bond acceptors (Lipinski definition) is 32. The van der Waals surface area contributed by atoms with Gasteiger partial charge in [-0.05, 0) is 178 Å². The fraction of sp³-hybridized carbons (Fsp3) is 0.630. The van der Waals surface area contributed by atoms with E-state index in [2.05, 4.69) is 87.6 Å². The summed E-state index contributed by atoms with van der Waals surface area (Å²) in [5, 5.41) is 34.9. The Morgan fingerprint density at radius 2 is 0.709 bits per heavy atom. The largest absolute Gasteiger partial charge is 0.464 e. The van der Waals surface area contributed by atoms with Gasteiger partial charge in [0.2, 0.25) is 30.4 Å². The third-order valence-corrected chi connectivity index (χ3v) is 10.9. The Hall–Kier alpha value is -7.68. The Kier molecular flexibility index (Phi) is 76.4. The predicted molar refractivity (Wildman–Crippen MR) is 328 cm³/mol. The van der Waals surface area contributed by atoms with Crippen molar-refractivity contribution < 1.29 is 81.2 Å². The van der Waals surface area contributed by atoms with Gasteiger partial charge in [0.05, 0.1) is 56.4 Å². The van der Waals surface area contributed by atoms with E-state index in [4.69, 9.17) is 39.5 Å². The Morgan fingerprint density at radius 3 is 0.988 bits per heavy atom. The molecule has 4 unspecified atom stereocenters. The number of hydrogen-bond donors (Lipinski definition) is 0. The van der Waals surface area contributed by atoms with Crippen LogP contribution in [0, 0.1) is 32.0 Å². The molecule has 0 amide bonds. The number of nitrogens with zero attached hydrogens (tertiary/aromatic N) is 10. The topological polar surface area (TPSA) is 401 Å². The van der Waals surface area contributed by atoms with Gasteiger partial charge in [-0.3, -0.25) is 0 Å². The van der Waals surface area contributed by atoms with Crippen LogP contribution in [0.15, 0.2) is 59.3 Å². The maximum atomic E-state index is 11.4. The van der Waals surface area contributed by atoms with E-state index >= 15 is 0 Å². The fourth-order valence-electron chi connectivity index (χ4n) is 5.11. The first-order valence-corrected chi connectivity index (χ1v) is 29.9. The number of aliphatic imine (C=N–C) groups is 7. The van der Waals surface area contributed by atoms with E-state index in [0.717, 1.165) is 55.4 Å². The number of ether oxygens (including phenoxy) is 6. The zero-order chi connectivity index (χ0) is 66.3. The lowest BCUT2D eigenvalue weighted by Gasteiger charge is -2.09. The molecule has 0 spiro atoms. The number of unbranched alkanes of at least 4 members (excludes halogenated alkanes) is 4. The normalized spacial score (nSPS) is 10.2. The van der Waals surface area contributed by atoms with Crippen molar-refractivity contribution in [3.8, 4) is 16.2 Å². The van der Waals surface area contributed by atoms with Gasteiger partial charge in [0, 0.05) is 28.4 Å². The summed E-state index contributed by atoms with van der Waals surface area (Å²) in [5.41, 5.74) is 0.715. The number of thiocarbonyl (C=S) groups is 2. The Morgan fingerprint density at radius 1 is 0.419 bits per heavy atom. The third kappa shape index (κ3) is 67.1. The molecule has 0 saturated carbocycles. The Balaban J connectivity index is -0.000000225. The minimum absolute atomic E-state index is 0.0981. The van der Waals surface area contributed by atoms with Crippen molar-refractivity contribution in [2.75, 3.05) is 76.5 Å². The smallest absolute Gasteiger partial charge is 0.333 e. The second-order valence-electron chi connectivity index (χ2n) is 15.5. The first kappa shape index (κ1) is 89.5. The molecule has 0 N–H and O–H groups in total. The van der Waals surface area contributed by atoms with E-state index in [9.17, 15) is 52.7 Å². The van der Waals surface area contributed by atoms with Crippen LogP contribution in [0.2, 0.25) is 0 Å². The van der Waals surface area contributed by atoms with Crippen LogP contribution in [0.25, 0.3) is 0 Å². The lowest BCUT2D eigenvalue weighted by Crippen LogP contribution is -2.21. The Bertz CT molecular complexity index is 2340. The zero-order valence-corrected chi connectivity index (χ0v) is 53.2. The molecule has 27 nitrogen and oxygen atoms in total. The molecule has 0 aliphatic heterocycles. The van der Waals surface area contributed by atoms with E-state index < -0.39 is 54.0 Å². The summed E-state index contributed by atoms with van der Waals surface area (Å²) in [6, 6.07) is -2.66. The SMILES string of the molecule is C=C(C)C(=O)OCCN=C=O.C=C(C)C(=O)OCCSC#N.CCOC(=O)C(CCCCN=C=O)N=C=O.CCOC(=O)C(CCCCN=C=O)N=C=S.CCOC(=O)C(CCCCSC#N)N=C=O.CCOC(=O)C(CCCCSC#N)N=C=S.